The first-order chi connectivity index (χ1) is 5.64. The minimum atomic E-state index is 0.490. The number of carbonyl (C=O) groups excluding carboxylic acids is 1. The zero-order valence-electron chi connectivity index (χ0n) is 8.10. The van der Waals surface area contributed by atoms with Crippen molar-refractivity contribution in [2.75, 3.05) is 0 Å². The first kappa shape index (κ1) is 8.28. The highest BCUT2D eigenvalue weighted by Gasteiger charge is 2.56. The van der Waals surface area contributed by atoms with Crippen molar-refractivity contribution in [3.8, 4) is 0 Å². The predicted molar refractivity (Wildman–Crippen MR) is 48.9 cm³/mol. The van der Waals surface area contributed by atoms with Gasteiger partial charge in [0.05, 0.1) is 0 Å². The third-order valence-corrected chi connectivity index (χ3v) is 3.74. The number of hydrogen-bond donors (Lipinski definition) is 0. The van der Waals surface area contributed by atoms with Crippen molar-refractivity contribution in [3.63, 3.8) is 0 Å². The summed E-state index contributed by atoms with van der Waals surface area (Å²) in [6.07, 6.45) is 5.56. The van der Waals surface area contributed by atoms with E-state index >= 15 is 0 Å². The zero-order chi connectivity index (χ0) is 8.77. The standard InChI is InChI=1S/C11H18O/c1-8(2)10-7-11(10)5-3-4-9(12)6-11/h8,10H,3-7H2,1-2H3. The summed E-state index contributed by atoms with van der Waals surface area (Å²) in [5.41, 5.74) is 0.490. The Labute approximate surface area is 74.5 Å². The molecular weight excluding hydrogens is 148 g/mol. The third kappa shape index (κ3) is 1.19. The lowest BCUT2D eigenvalue weighted by molar-refractivity contribution is -0.122. The molecule has 0 heterocycles. The lowest BCUT2D eigenvalue weighted by Crippen LogP contribution is -2.19. The minimum absolute atomic E-state index is 0.490. The van der Waals surface area contributed by atoms with Crippen LogP contribution in [0.15, 0.2) is 0 Å². The molecule has 1 heteroatoms. The van der Waals surface area contributed by atoms with Gasteiger partial charge in [0.1, 0.15) is 5.78 Å². The lowest BCUT2D eigenvalue weighted by Gasteiger charge is -2.22. The second-order valence-corrected chi connectivity index (χ2v) is 4.99. The van der Waals surface area contributed by atoms with Crippen LogP contribution < -0.4 is 0 Å². The fourth-order valence-electron chi connectivity index (χ4n) is 3.02. The van der Waals surface area contributed by atoms with Crippen LogP contribution in [0.2, 0.25) is 0 Å². The SMILES string of the molecule is CC(C)C1CC12CCCC(=O)C2. The average molecular weight is 166 g/mol. The Bertz CT molecular complexity index is 207. The molecule has 0 aromatic carbocycles. The van der Waals surface area contributed by atoms with Crippen LogP contribution in [0.4, 0.5) is 0 Å². The van der Waals surface area contributed by atoms with Crippen LogP contribution in [0, 0.1) is 17.3 Å². The molecule has 2 fully saturated rings. The molecule has 0 bridgehead atoms. The van der Waals surface area contributed by atoms with E-state index in [1.54, 1.807) is 0 Å². The zero-order valence-corrected chi connectivity index (χ0v) is 8.10. The third-order valence-electron chi connectivity index (χ3n) is 3.74. The highest BCUT2D eigenvalue weighted by atomic mass is 16.1. The van der Waals surface area contributed by atoms with E-state index in [-0.39, 0.29) is 0 Å². The van der Waals surface area contributed by atoms with Crippen molar-refractivity contribution in [2.45, 2.75) is 46.0 Å². The molecule has 2 aliphatic rings. The predicted octanol–water partition coefficient (Wildman–Crippen LogP) is 2.79. The Morgan fingerprint density at radius 1 is 1.50 bits per heavy atom. The molecule has 0 radical (unpaired) electrons. The normalized spacial score (nSPS) is 40.9. The molecule has 2 aliphatic carbocycles. The van der Waals surface area contributed by atoms with E-state index in [4.69, 9.17) is 0 Å². The summed E-state index contributed by atoms with van der Waals surface area (Å²) in [6.45, 7) is 4.58. The maximum atomic E-state index is 11.3. The van der Waals surface area contributed by atoms with E-state index in [1.165, 1.54) is 12.8 Å². The van der Waals surface area contributed by atoms with Crippen molar-refractivity contribution < 1.29 is 4.79 Å². The van der Waals surface area contributed by atoms with E-state index in [0.29, 0.717) is 11.2 Å². The molecule has 1 spiro atoms. The van der Waals surface area contributed by atoms with Crippen molar-refractivity contribution in [2.24, 2.45) is 17.3 Å². The molecule has 0 saturated heterocycles. The summed E-state index contributed by atoms with van der Waals surface area (Å²) in [5, 5.41) is 0. The van der Waals surface area contributed by atoms with Gasteiger partial charge in [0.25, 0.3) is 0 Å². The molecule has 0 aromatic heterocycles. The van der Waals surface area contributed by atoms with Crippen LogP contribution in [0.25, 0.3) is 0 Å². The van der Waals surface area contributed by atoms with Crippen molar-refractivity contribution >= 4 is 5.78 Å². The van der Waals surface area contributed by atoms with Crippen LogP contribution in [0.3, 0.4) is 0 Å². The number of carbonyl (C=O) groups is 1. The smallest absolute Gasteiger partial charge is 0.133 e. The molecule has 1 nitrogen and oxygen atoms in total. The Morgan fingerprint density at radius 3 is 2.75 bits per heavy atom. The van der Waals surface area contributed by atoms with E-state index in [2.05, 4.69) is 13.8 Å². The number of ketones is 1. The number of Topliss-reactive ketones (excluding diaryl/α,β-unsaturated/α-hetero) is 1. The minimum Gasteiger partial charge on any atom is -0.300 e. The van der Waals surface area contributed by atoms with Gasteiger partial charge in [0, 0.05) is 12.8 Å². The fourth-order valence-corrected chi connectivity index (χ4v) is 3.02. The van der Waals surface area contributed by atoms with Gasteiger partial charge in [-0.1, -0.05) is 13.8 Å². The molecule has 12 heavy (non-hydrogen) atoms. The van der Waals surface area contributed by atoms with Crippen LogP contribution in [-0.2, 0) is 4.79 Å². The monoisotopic (exact) mass is 166 g/mol. The van der Waals surface area contributed by atoms with Gasteiger partial charge < -0.3 is 0 Å². The van der Waals surface area contributed by atoms with Gasteiger partial charge in [-0.15, -0.1) is 0 Å². The number of rotatable bonds is 1. The molecule has 2 saturated carbocycles. The Morgan fingerprint density at radius 2 is 2.25 bits per heavy atom. The van der Waals surface area contributed by atoms with Crippen LogP contribution >= 0.6 is 0 Å². The molecule has 0 amide bonds. The summed E-state index contributed by atoms with van der Waals surface area (Å²) >= 11 is 0. The maximum Gasteiger partial charge on any atom is 0.133 e. The van der Waals surface area contributed by atoms with E-state index in [9.17, 15) is 4.79 Å². The van der Waals surface area contributed by atoms with Crippen molar-refractivity contribution in [3.05, 3.63) is 0 Å². The summed E-state index contributed by atoms with van der Waals surface area (Å²) in [5.74, 6) is 2.17. The van der Waals surface area contributed by atoms with E-state index in [0.717, 1.165) is 31.1 Å². The summed E-state index contributed by atoms with van der Waals surface area (Å²) in [6, 6.07) is 0. The molecular formula is C11H18O. The quantitative estimate of drug-likeness (QED) is 0.585. The van der Waals surface area contributed by atoms with Crippen molar-refractivity contribution in [1.29, 1.82) is 0 Å². The van der Waals surface area contributed by atoms with Crippen molar-refractivity contribution in [1.82, 2.24) is 0 Å². The second kappa shape index (κ2) is 2.58. The molecule has 2 unspecified atom stereocenters. The maximum absolute atomic E-state index is 11.3. The largest absolute Gasteiger partial charge is 0.300 e. The fraction of sp³-hybridized carbons (Fsp3) is 0.909. The summed E-state index contributed by atoms with van der Waals surface area (Å²) in [7, 11) is 0. The summed E-state index contributed by atoms with van der Waals surface area (Å²) < 4.78 is 0. The van der Waals surface area contributed by atoms with Gasteiger partial charge >= 0.3 is 0 Å². The molecule has 0 aromatic rings. The lowest BCUT2D eigenvalue weighted by atomic mass is 9.82. The van der Waals surface area contributed by atoms with Crippen LogP contribution in [0.5, 0.6) is 0 Å². The van der Waals surface area contributed by atoms with Gasteiger partial charge in [-0.2, -0.15) is 0 Å². The van der Waals surface area contributed by atoms with Gasteiger partial charge in [-0.05, 0) is 36.5 Å². The van der Waals surface area contributed by atoms with E-state index < -0.39 is 0 Å². The van der Waals surface area contributed by atoms with Gasteiger partial charge in [-0.3, -0.25) is 4.79 Å². The first-order valence-electron chi connectivity index (χ1n) is 5.16. The second-order valence-electron chi connectivity index (χ2n) is 4.99. The summed E-state index contributed by atoms with van der Waals surface area (Å²) in [4.78, 5) is 11.3. The highest BCUT2D eigenvalue weighted by molar-refractivity contribution is 5.80. The Hall–Kier alpha value is -0.330. The highest BCUT2D eigenvalue weighted by Crippen LogP contribution is 2.63. The number of hydrogen-bond acceptors (Lipinski definition) is 1. The van der Waals surface area contributed by atoms with Crippen LogP contribution in [0.1, 0.15) is 46.0 Å². The Kier molecular flexibility index (Phi) is 1.78. The molecule has 2 atom stereocenters. The molecule has 68 valence electrons. The molecule has 2 rings (SSSR count). The van der Waals surface area contributed by atoms with Gasteiger partial charge in [-0.25, -0.2) is 0 Å². The van der Waals surface area contributed by atoms with Gasteiger partial charge in [0.15, 0.2) is 0 Å². The molecule has 0 aliphatic heterocycles. The van der Waals surface area contributed by atoms with E-state index in [1.807, 2.05) is 0 Å². The Balaban J connectivity index is 2.01. The first-order valence-corrected chi connectivity index (χ1v) is 5.16. The van der Waals surface area contributed by atoms with Gasteiger partial charge in [0.2, 0.25) is 0 Å². The average Bonchev–Trinajstić information content (AvgIpc) is 2.63. The van der Waals surface area contributed by atoms with Crippen LogP contribution in [-0.4, -0.2) is 5.78 Å². The topological polar surface area (TPSA) is 17.1 Å². The molecule has 0 N–H and O–H groups in total.